The van der Waals surface area contributed by atoms with Crippen molar-refractivity contribution in [1.82, 2.24) is 4.98 Å². The topological polar surface area (TPSA) is 33.1 Å². The average molecular weight is 353 g/mol. The Labute approximate surface area is 155 Å². The zero-order valence-corrected chi connectivity index (χ0v) is 14.7. The maximum absolute atomic E-state index is 9.75. The Balaban J connectivity index is 1.74. The summed E-state index contributed by atoms with van der Waals surface area (Å²) in [5, 5.41) is 13.3. The van der Waals surface area contributed by atoms with Crippen molar-refractivity contribution >= 4 is 33.0 Å². The van der Waals surface area contributed by atoms with Crippen LogP contribution in [0.25, 0.3) is 42.7 Å². The van der Waals surface area contributed by atoms with Gasteiger partial charge >= 0.3 is 0 Å². The molecule has 5 aromatic rings. The summed E-state index contributed by atoms with van der Waals surface area (Å²) < 4.78 is 0. The Hall–Kier alpha value is -3.17. The number of thiophene rings is 1. The summed E-state index contributed by atoms with van der Waals surface area (Å²) in [6.07, 6.45) is 0. The highest BCUT2D eigenvalue weighted by Gasteiger charge is 2.12. The number of hydrogen-bond acceptors (Lipinski definition) is 3. The summed E-state index contributed by atoms with van der Waals surface area (Å²) in [5.41, 5.74) is 3.04. The Morgan fingerprint density at radius 3 is 2.23 bits per heavy atom. The number of benzene rings is 3. The number of fused-ring (bicyclic) bond motifs is 3. The second kappa shape index (κ2) is 5.97. The molecule has 2 heterocycles. The molecule has 0 bridgehead atoms. The van der Waals surface area contributed by atoms with E-state index in [0.29, 0.717) is 0 Å². The minimum atomic E-state index is 0.284. The first-order valence-electron chi connectivity index (χ1n) is 8.47. The van der Waals surface area contributed by atoms with Crippen LogP contribution in [0.15, 0.2) is 84.9 Å². The van der Waals surface area contributed by atoms with Crippen LogP contribution in [-0.2, 0) is 0 Å². The molecule has 0 aliphatic heterocycles. The largest absolute Gasteiger partial charge is 0.508 e. The molecule has 0 saturated carbocycles. The van der Waals surface area contributed by atoms with Gasteiger partial charge in [-0.1, -0.05) is 54.6 Å². The lowest BCUT2D eigenvalue weighted by atomic mass is 10.0. The first-order chi connectivity index (χ1) is 12.8. The molecule has 5 rings (SSSR count). The number of pyridine rings is 1. The van der Waals surface area contributed by atoms with Crippen molar-refractivity contribution in [2.75, 3.05) is 0 Å². The fourth-order valence-corrected chi connectivity index (χ4v) is 4.38. The predicted octanol–water partition coefficient (Wildman–Crippen LogP) is 6.49. The van der Waals surface area contributed by atoms with E-state index >= 15 is 0 Å². The quantitative estimate of drug-likeness (QED) is 0.368. The fourth-order valence-electron chi connectivity index (χ4n) is 3.37. The number of hydrogen-bond donors (Lipinski definition) is 1. The van der Waals surface area contributed by atoms with Gasteiger partial charge in [0.25, 0.3) is 0 Å². The number of phenolic OH excluding ortho intramolecular Hbond substituents is 1. The van der Waals surface area contributed by atoms with Crippen LogP contribution >= 0.6 is 11.3 Å². The molecule has 0 spiro atoms. The molecule has 0 saturated heterocycles. The minimum Gasteiger partial charge on any atom is -0.508 e. The van der Waals surface area contributed by atoms with Crippen molar-refractivity contribution in [3.05, 3.63) is 84.9 Å². The molecule has 0 atom stereocenters. The van der Waals surface area contributed by atoms with Gasteiger partial charge < -0.3 is 5.11 Å². The molecular formula is C23H15NOS. The maximum atomic E-state index is 9.75. The zero-order chi connectivity index (χ0) is 17.5. The highest BCUT2D eigenvalue weighted by Crippen LogP contribution is 2.39. The second-order valence-electron chi connectivity index (χ2n) is 6.24. The molecule has 1 N–H and O–H groups in total. The predicted molar refractivity (Wildman–Crippen MR) is 110 cm³/mol. The Bertz CT molecular complexity index is 1260. The van der Waals surface area contributed by atoms with Crippen molar-refractivity contribution in [3.63, 3.8) is 0 Å². The van der Waals surface area contributed by atoms with Crippen LogP contribution in [0.3, 0.4) is 0 Å². The lowest BCUT2D eigenvalue weighted by molar-refractivity contribution is 0.475. The van der Waals surface area contributed by atoms with E-state index in [1.807, 2.05) is 18.2 Å². The van der Waals surface area contributed by atoms with Gasteiger partial charge in [0.2, 0.25) is 0 Å². The highest BCUT2D eigenvalue weighted by molar-refractivity contribution is 7.18. The van der Waals surface area contributed by atoms with Gasteiger partial charge in [0.05, 0.1) is 16.1 Å². The van der Waals surface area contributed by atoms with E-state index in [9.17, 15) is 5.11 Å². The molecule has 0 radical (unpaired) electrons. The molecule has 2 aromatic heterocycles. The van der Waals surface area contributed by atoms with E-state index in [2.05, 4.69) is 54.6 Å². The fraction of sp³-hybridized carbons (Fsp3) is 0. The second-order valence-corrected chi connectivity index (χ2v) is 7.32. The lowest BCUT2D eigenvalue weighted by Crippen LogP contribution is -1.87. The van der Waals surface area contributed by atoms with Crippen LogP contribution in [0, 0.1) is 0 Å². The van der Waals surface area contributed by atoms with Gasteiger partial charge in [-0.25, -0.2) is 4.98 Å². The van der Waals surface area contributed by atoms with Gasteiger partial charge in [0, 0.05) is 15.6 Å². The molecule has 0 aliphatic rings. The average Bonchev–Trinajstić information content (AvgIpc) is 3.17. The summed E-state index contributed by atoms with van der Waals surface area (Å²) >= 11 is 1.70. The molecule has 0 fully saturated rings. The monoisotopic (exact) mass is 353 g/mol. The van der Waals surface area contributed by atoms with E-state index in [1.54, 1.807) is 23.5 Å². The third-order valence-corrected chi connectivity index (χ3v) is 5.72. The van der Waals surface area contributed by atoms with Gasteiger partial charge in [-0.05, 0) is 41.3 Å². The molecule has 124 valence electrons. The van der Waals surface area contributed by atoms with Crippen LogP contribution < -0.4 is 0 Å². The third kappa shape index (κ3) is 2.45. The van der Waals surface area contributed by atoms with E-state index in [4.69, 9.17) is 4.98 Å². The first kappa shape index (κ1) is 15.1. The summed E-state index contributed by atoms with van der Waals surface area (Å²) in [7, 11) is 0. The lowest BCUT2D eigenvalue weighted by Gasteiger charge is -2.08. The summed E-state index contributed by atoms with van der Waals surface area (Å²) in [6.45, 7) is 0. The van der Waals surface area contributed by atoms with Crippen molar-refractivity contribution in [3.8, 4) is 26.8 Å². The summed E-state index contributed by atoms with van der Waals surface area (Å²) in [5.74, 6) is 0.284. The van der Waals surface area contributed by atoms with Crippen molar-refractivity contribution in [2.45, 2.75) is 0 Å². The third-order valence-electron chi connectivity index (χ3n) is 4.58. The number of rotatable bonds is 2. The van der Waals surface area contributed by atoms with E-state index < -0.39 is 0 Å². The van der Waals surface area contributed by atoms with Gasteiger partial charge in [-0.2, -0.15) is 0 Å². The number of phenols is 1. The van der Waals surface area contributed by atoms with Crippen molar-refractivity contribution in [2.24, 2.45) is 0 Å². The molecule has 3 aromatic carbocycles. The molecular weight excluding hydrogens is 338 g/mol. The summed E-state index contributed by atoms with van der Waals surface area (Å²) in [4.78, 5) is 7.21. The van der Waals surface area contributed by atoms with Crippen LogP contribution in [0.1, 0.15) is 0 Å². The number of aromatic nitrogens is 1. The van der Waals surface area contributed by atoms with Crippen LogP contribution in [-0.4, -0.2) is 10.1 Å². The molecule has 3 heteroatoms. The van der Waals surface area contributed by atoms with Gasteiger partial charge in [0.1, 0.15) is 5.75 Å². The van der Waals surface area contributed by atoms with Crippen LogP contribution in [0.4, 0.5) is 0 Å². The van der Waals surface area contributed by atoms with E-state index in [-0.39, 0.29) is 5.75 Å². The SMILES string of the molecule is Oc1cccc(-c2ccc(-c3nc4ccccc4c4ccccc34)s2)c1. The first-order valence-corrected chi connectivity index (χ1v) is 9.28. The highest BCUT2D eigenvalue weighted by atomic mass is 32.1. The minimum absolute atomic E-state index is 0.284. The zero-order valence-electron chi connectivity index (χ0n) is 13.9. The maximum Gasteiger partial charge on any atom is 0.116 e. The van der Waals surface area contributed by atoms with Gasteiger partial charge in [-0.3, -0.25) is 0 Å². The van der Waals surface area contributed by atoms with Gasteiger partial charge in [-0.15, -0.1) is 11.3 Å². The smallest absolute Gasteiger partial charge is 0.116 e. The Morgan fingerprint density at radius 2 is 1.38 bits per heavy atom. The number of para-hydroxylation sites is 1. The van der Waals surface area contributed by atoms with E-state index in [0.717, 1.165) is 31.9 Å². The normalized spacial score (nSPS) is 11.2. The summed E-state index contributed by atoms with van der Waals surface area (Å²) in [6, 6.07) is 28.3. The Kier molecular flexibility index (Phi) is 3.47. The molecule has 26 heavy (non-hydrogen) atoms. The molecule has 0 amide bonds. The molecule has 0 aliphatic carbocycles. The van der Waals surface area contributed by atoms with E-state index in [1.165, 1.54) is 10.8 Å². The van der Waals surface area contributed by atoms with Gasteiger partial charge in [0.15, 0.2) is 0 Å². The standard InChI is InChI=1S/C23H15NOS/c25-16-7-5-6-15(14-16)21-12-13-22(26-21)23-19-10-2-1-8-17(19)18-9-3-4-11-20(18)24-23/h1-14,25H. The van der Waals surface area contributed by atoms with Crippen LogP contribution in [0.5, 0.6) is 5.75 Å². The van der Waals surface area contributed by atoms with Crippen molar-refractivity contribution in [1.29, 1.82) is 0 Å². The molecule has 2 nitrogen and oxygen atoms in total. The molecule has 0 unspecified atom stereocenters. The number of aromatic hydroxyl groups is 1. The Morgan fingerprint density at radius 1 is 0.654 bits per heavy atom. The number of nitrogens with zero attached hydrogens (tertiary/aromatic N) is 1. The van der Waals surface area contributed by atoms with Crippen LogP contribution in [0.2, 0.25) is 0 Å². The van der Waals surface area contributed by atoms with Crippen molar-refractivity contribution < 1.29 is 5.11 Å².